The molecule has 4 heterocycles. The Morgan fingerprint density at radius 3 is 2.15 bits per heavy atom. The van der Waals surface area contributed by atoms with Gasteiger partial charge in [-0.3, -0.25) is 9.69 Å². The molecule has 1 atom stereocenters. The second-order valence-electron chi connectivity index (χ2n) is 14.0. The zero-order valence-corrected chi connectivity index (χ0v) is 33.5. The Bertz CT molecular complexity index is 1720. The lowest BCUT2D eigenvalue weighted by Crippen LogP contribution is -2.57. The quantitative estimate of drug-likeness (QED) is 0.406. The van der Waals surface area contributed by atoms with Crippen LogP contribution in [-0.2, 0) is 32.6 Å². The zero-order valence-electron chi connectivity index (χ0n) is 29.5. The van der Waals surface area contributed by atoms with Crippen LogP contribution in [0, 0.1) is 0 Å². The summed E-state index contributed by atoms with van der Waals surface area (Å²) in [5, 5.41) is 13.3. The van der Waals surface area contributed by atoms with E-state index in [1.807, 2.05) is 29.2 Å². The molecule has 284 valence electrons. The first-order chi connectivity index (χ1) is 24.8. The Labute approximate surface area is 322 Å². The van der Waals surface area contributed by atoms with Crippen molar-refractivity contribution in [3.63, 3.8) is 0 Å². The molecule has 2 aromatic carbocycles. The predicted molar refractivity (Wildman–Crippen MR) is 203 cm³/mol. The molecule has 14 nitrogen and oxygen atoms in total. The van der Waals surface area contributed by atoms with Crippen molar-refractivity contribution in [3.8, 4) is 5.75 Å². The van der Waals surface area contributed by atoms with Crippen LogP contribution in [0.25, 0.3) is 0 Å². The molecule has 0 radical (unpaired) electrons. The van der Waals surface area contributed by atoms with Crippen molar-refractivity contribution in [2.75, 3.05) is 78.3 Å². The van der Waals surface area contributed by atoms with Crippen molar-refractivity contribution in [1.29, 1.82) is 0 Å². The topological polar surface area (TPSA) is 146 Å². The van der Waals surface area contributed by atoms with E-state index in [1.54, 1.807) is 36.0 Å². The van der Waals surface area contributed by atoms with E-state index in [4.69, 9.17) is 4.74 Å². The Kier molecular flexibility index (Phi) is 12.4. The summed E-state index contributed by atoms with van der Waals surface area (Å²) in [6.45, 7) is 4.48. The molecule has 17 heteroatoms. The highest BCUT2D eigenvalue weighted by atomic mass is 79.9. The van der Waals surface area contributed by atoms with Crippen LogP contribution in [0.15, 0.2) is 45.3 Å². The molecule has 4 aliphatic rings. The molecule has 6 rings (SSSR count). The number of likely N-dealkylation sites (tertiary alicyclic amines) is 1. The van der Waals surface area contributed by atoms with E-state index >= 15 is 0 Å². The molecule has 4 aliphatic heterocycles. The van der Waals surface area contributed by atoms with Gasteiger partial charge in [-0.1, -0.05) is 18.2 Å². The fourth-order valence-electron chi connectivity index (χ4n) is 7.60. The molecule has 4 amide bonds. The zero-order chi connectivity index (χ0) is 37.2. The van der Waals surface area contributed by atoms with Gasteiger partial charge in [0.1, 0.15) is 5.75 Å². The molecule has 3 saturated heterocycles. The summed E-state index contributed by atoms with van der Waals surface area (Å²) in [7, 11) is -0.358. The first-order valence-electron chi connectivity index (χ1n) is 17.8. The first kappa shape index (κ1) is 38.8. The normalized spacial score (nSPS) is 20.7. The summed E-state index contributed by atoms with van der Waals surface area (Å²) in [4.78, 5) is 48.4. The third kappa shape index (κ3) is 8.70. The molecule has 2 aromatic rings. The number of carbonyl (C=O) groups is 3. The molecular weight excluding hydrogens is 822 g/mol. The summed E-state index contributed by atoms with van der Waals surface area (Å²) in [6.07, 6.45) is 1.84. The van der Waals surface area contributed by atoms with Gasteiger partial charge in [0, 0.05) is 97.2 Å². The molecule has 0 saturated carbocycles. The van der Waals surface area contributed by atoms with Crippen molar-refractivity contribution < 1.29 is 32.6 Å². The number of fused-ring (bicyclic) bond motifs is 1. The van der Waals surface area contributed by atoms with Crippen LogP contribution in [0.2, 0.25) is 0 Å². The lowest BCUT2D eigenvalue weighted by atomic mass is 10.0. The van der Waals surface area contributed by atoms with Gasteiger partial charge in [-0.2, -0.15) is 17.0 Å². The minimum atomic E-state index is -3.44. The number of amides is 4. The van der Waals surface area contributed by atoms with Crippen molar-refractivity contribution in [2.24, 2.45) is 0 Å². The first-order valence-corrected chi connectivity index (χ1v) is 20.8. The summed E-state index contributed by atoms with van der Waals surface area (Å²) >= 11 is 6.74. The number of rotatable bonds is 8. The number of halogens is 2. The number of carbonyl (C=O) groups excluding carboxylic acids is 3. The summed E-state index contributed by atoms with van der Waals surface area (Å²) in [5.41, 5.74) is 2.63. The highest BCUT2D eigenvalue weighted by molar-refractivity contribution is 9.11. The number of hydrogen-bond donors (Lipinski definition) is 2. The fraction of sp³-hybridized carbons (Fsp3) is 0.571. The van der Waals surface area contributed by atoms with E-state index < -0.39 is 22.4 Å². The molecule has 52 heavy (non-hydrogen) atoms. The lowest BCUT2D eigenvalue weighted by Gasteiger charge is -2.43. The van der Waals surface area contributed by atoms with Crippen LogP contribution in [0.1, 0.15) is 36.8 Å². The Morgan fingerprint density at radius 1 is 0.904 bits per heavy atom. The Morgan fingerprint density at radius 2 is 1.52 bits per heavy atom. The average molecular weight is 870 g/mol. The molecule has 0 bridgehead atoms. The number of nitrogens with zero attached hydrogens (tertiary/aromatic N) is 6. The number of piperazine rings is 1. The molecule has 0 aliphatic carbocycles. The third-order valence-electron chi connectivity index (χ3n) is 10.7. The summed E-state index contributed by atoms with van der Waals surface area (Å²) < 4.78 is 34.8. The second kappa shape index (κ2) is 16.6. The maximum atomic E-state index is 14.1. The number of piperidine rings is 2. The maximum Gasteiger partial charge on any atom is 0.410 e. The number of hydrogen-bond acceptors (Lipinski definition) is 8. The minimum absolute atomic E-state index is 0.0246. The van der Waals surface area contributed by atoms with E-state index in [9.17, 15) is 27.9 Å². The monoisotopic (exact) mass is 867 g/mol. The lowest BCUT2D eigenvalue weighted by molar-refractivity contribution is -0.143. The maximum absolute atomic E-state index is 14.1. The Hall–Kier alpha value is -2.96. The van der Waals surface area contributed by atoms with Gasteiger partial charge in [0.05, 0.1) is 8.95 Å². The number of benzene rings is 2. The number of anilines is 1. The van der Waals surface area contributed by atoms with Crippen LogP contribution in [0.3, 0.4) is 0 Å². The molecule has 2 N–H and O–H groups in total. The van der Waals surface area contributed by atoms with Crippen LogP contribution in [-0.4, -0.2) is 151 Å². The van der Waals surface area contributed by atoms with Crippen molar-refractivity contribution >= 4 is 65.8 Å². The van der Waals surface area contributed by atoms with Crippen molar-refractivity contribution in [2.45, 2.75) is 56.7 Å². The highest BCUT2D eigenvalue weighted by Gasteiger charge is 2.37. The third-order valence-corrected chi connectivity index (χ3v) is 13.8. The molecular formula is C35H47Br2N7O7S. The van der Waals surface area contributed by atoms with Crippen molar-refractivity contribution in [1.82, 2.24) is 28.2 Å². The molecule has 0 aromatic heterocycles. The Balaban J connectivity index is 1.06. The highest BCUT2D eigenvalue weighted by Crippen LogP contribution is 2.34. The predicted octanol–water partition coefficient (Wildman–Crippen LogP) is 3.93. The molecule has 0 spiro atoms. The van der Waals surface area contributed by atoms with Crippen LogP contribution < -0.4 is 5.32 Å². The van der Waals surface area contributed by atoms with E-state index in [-0.39, 0.29) is 36.2 Å². The number of aromatic hydroxyl groups is 1. The van der Waals surface area contributed by atoms with Gasteiger partial charge in [0.15, 0.2) is 6.10 Å². The van der Waals surface area contributed by atoms with Gasteiger partial charge in [0.25, 0.3) is 16.1 Å². The van der Waals surface area contributed by atoms with Crippen LogP contribution in [0.4, 0.5) is 15.3 Å². The van der Waals surface area contributed by atoms with Crippen molar-refractivity contribution in [3.05, 3.63) is 56.5 Å². The summed E-state index contributed by atoms with van der Waals surface area (Å²) in [6, 6.07) is 11.3. The van der Waals surface area contributed by atoms with Gasteiger partial charge in [-0.25, -0.2) is 9.59 Å². The van der Waals surface area contributed by atoms with Gasteiger partial charge in [-0.15, -0.1) is 0 Å². The largest absolute Gasteiger partial charge is 0.506 e. The van der Waals surface area contributed by atoms with E-state index in [0.29, 0.717) is 86.3 Å². The SMILES string of the molecule is CN(C)S(=O)(=O)N1CCC(N2CCN(C(=O)C(Cc3cc(Br)c(O)c(Br)c3)OC(=O)N3CCC(N4CCc5ccccc5NC4=O)CC3)CC2)CC1. The van der Waals surface area contributed by atoms with Crippen LogP contribution in [0.5, 0.6) is 5.75 Å². The van der Waals surface area contributed by atoms with Gasteiger partial charge in [0.2, 0.25) is 0 Å². The molecule has 1 unspecified atom stereocenters. The minimum Gasteiger partial charge on any atom is -0.506 e. The number of para-hydroxylation sites is 1. The number of nitrogens with one attached hydrogen (secondary N) is 1. The number of phenols is 1. The number of phenolic OH excluding ortho intramolecular Hbond substituents is 1. The number of urea groups is 1. The fourth-order valence-corrected chi connectivity index (χ4v) is 10.0. The number of ether oxygens (including phenoxy) is 1. The van der Waals surface area contributed by atoms with E-state index in [2.05, 4.69) is 42.1 Å². The standard InChI is InChI=1S/C35H47Br2N7O7S/c1-39(2)52(49,50)43-14-10-26(11-15-43)40-17-19-41(20-18-40)33(46)31(23-24-21-28(36)32(45)29(37)22-24)51-35(48)42-12-8-27(9-13-42)44-16-7-25-5-3-4-6-30(25)38-34(44)47/h3-6,21-22,26-27,31,45H,7-20,23H2,1-2H3,(H,38,47). The van der Waals surface area contributed by atoms with Gasteiger partial charge in [-0.05, 0) is 93.3 Å². The smallest absolute Gasteiger partial charge is 0.410 e. The van der Waals surface area contributed by atoms with E-state index in [1.165, 1.54) is 8.61 Å². The second-order valence-corrected chi connectivity index (χ2v) is 17.9. The molecule has 3 fully saturated rings. The average Bonchev–Trinajstić information content (AvgIpc) is 3.31. The van der Waals surface area contributed by atoms with Gasteiger partial charge < -0.3 is 29.9 Å². The van der Waals surface area contributed by atoms with E-state index in [0.717, 1.165) is 30.5 Å². The van der Waals surface area contributed by atoms with Crippen LogP contribution >= 0.6 is 31.9 Å². The summed E-state index contributed by atoms with van der Waals surface area (Å²) in [5.74, 6) is -0.245. The van der Waals surface area contributed by atoms with Gasteiger partial charge >= 0.3 is 12.1 Å².